The third-order valence-corrected chi connectivity index (χ3v) is 7.49. The number of rotatable bonds is 10. The predicted molar refractivity (Wildman–Crippen MR) is 184 cm³/mol. The van der Waals surface area contributed by atoms with Crippen molar-refractivity contribution in [2.24, 2.45) is 0 Å². The van der Waals surface area contributed by atoms with Crippen molar-refractivity contribution in [3.8, 4) is 11.5 Å². The van der Waals surface area contributed by atoms with E-state index in [1.807, 2.05) is 62.6 Å². The summed E-state index contributed by atoms with van der Waals surface area (Å²) >= 11 is 0. The highest BCUT2D eigenvalue weighted by Crippen LogP contribution is 2.41. The number of benzene rings is 4. The Hall–Kier alpha value is -4.64. The number of nitrogens with zero attached hydrogens (tertiary/aromatic N) is 2. The Labute approximate surface area is 270 Å². The summed E-state index contributed by atoms with van der Waals surface area (Å²) < 4.78 is 28.0. The SMILES string of the molecule is CCCc1ccc(NC(=O)c2c(C(c3ccc(O)cc3)c3ccc(O)cc3)c3ccccc3n2CCN(C)C)cc1.CS(=O)(=O)O. The molecule has 4 N–H and O–H groups in total. The molecule has 4 aromatic carbocycles. The highest BCUT2D eigenvalue weighted by Gasteiger charge is 2.30. The van der Waals surface area contributed by atoms with Crippen LogP contribution in [0.4, 0.5) is 5.69 Å². The van der Waals surface area contributed by atoms with Crippen molar-refractivity contribution in [1.82, 2.24) is 9.47 Å². The number of aromatic hydroxyl groups is 2. The van der Waals surface area contributed by atoms with Gasteiger partial charge >= 0.3 is 0 Å². The summed E-state index contributed by atoms with van der Waals surface area (Å²) in [6.45, 7) is 3.54. The Morgan fingerprint density at radius 2 is 1.37 bits per heavy atom. The summed E-state index contributed by atoms with van der Waals surface area (Å²) in [5, 5.41) is 24.3. The summed E-state index contributed by atoms with van der Waals surface area (Å²) in [7, 11) is 0.389. The number of aromatic nitrogens is 1. The molecule has 9 nitrogen and oxygen atoms in total. The van der Waals surface area contributed by atoms with Gasteiger partial charge in [-0.25, -0.2) is 0 Å². The second-order valence-electron chi connectivity index (χ2n) is 11.5. The van der Waals surface area contributed by atoms with Crippen molar-refractivity contribution in [1.29, 1.82) is 0 Å². The van der Waals surface area contributed by atoms with Gasteiger partial charge in [-0.1, -0.05) is 67.9 Å². The Kier molecular flexibility index (Phi) is 11.2. The standard InChI is InChI=1S/C35H37N3O3.CH4O3S/c1-4-7-24-10-16-27(17-11-24)36-35(41)34-33(30-8-5-6-9-31(30)38(34)23-22-37(2)3)32(25-12-18-28(39)19-13-25)26-14-20-29(40)21-15-26;1-5(2,3)4/h5-6,8-21,32,39-40H,4,7,22-23H2,1-3H3,(H,36,41);1H3,(H,2,3,4). The molecule has 0 saturated carbocycles. The van der Waals surface area contributed by atoms with E-state index in [4.69, 9.17) is 4.55 Å². The number of fused-ring (bicyclic) bond motifs is 1. The quantitative estimate of drug-likeness (QED) is 0.128. The van der Waals surface area contributed by atoms with E-state index in [2.05, 4.69) is 46.0 Å². The highest BCUT2D eigenvalue weighted by atomic mass is 32.2. The second-order valence-corrected chi connectivity index (χ2v) is 13.0. The smallest absolute Gasteiger partial charge is 0.272 e. The van der Waals surface area contributed by atoms with Crippen molar-refractivity contribution < 1.29 is 28.0 Å². The van der Waals surface area contributed by atoms with Crippen LogP contribution in [-0.2, 0) is 23.1 Å². The number of hydrogen-bond acceptors (Lipinski definition) is 6. The predicted octanol–water partition coefficient (Wildman–Crippen LogP) is 6.50. The molecule has 0 radical (unpaired) electrons. The zero-order valence-electron chi connectivity index (χ0n) is 26.5. The van der Waals surface area contributed by atoms with Crippen LogP contribution in [0.25, 0.3) is 10.9 Å². The van der Waals surface area contributed by atoms with Gasteiger partial charge in [0.25, 0.3) is 16.0 Å². The van der Waals surface area contributed by atoms with E-state index < -0.39 is 10.1 Å². The molecular weight excluding hydrogens is 602 g/mol. The van der Waals surface area contributed by atoms with Crippen molar-refractivity contribution >= 4 is 32.6 Å². The number of carbonyl (C=O) groups is 1. The lowest BCUT2D eigenvalue weighted by Gasteiger charge is -2.21. The number of amides is 1. The van der Waals surface area contributed by atoms with Gasteiger partial charge in [0.05, 0.1) is 6.26 Å². The molecule has 5 rings (SSSR count). The first-order valence-electron chi connectivity index (χ1n) is 15.0. The van der Waals surface area contributed by atoms with Crippen LogP contribution in [0.15, 0.2) is 97.1 Å². The van der Waals surface area contributed by atoms with Crippen LogP contribution in [0.2, 0.25) is 0 Å². The minimum atomic E-state index is -3.67. The zero-order valence-corrected chi connectivity index (χ0v) is 27.3. The van der Waals surface area contributed by atoms with E-state index in [1.165, 1.54) is 5.56 Å². The van der Waals surface area contributed by atoms with Crippen molar-refractivity contribution in [3.05, 3.63) is 125 Å². The number of phenolic OH excluding ortho intramolecular Hbond substituents is 2. The van der Waals surface area contributed by atoms with E-state index >= 15 is 0 Å². The molecule has 0 atom stereocenters. The normalized spacial score (nSPS) is 11.5. The van der Waals surface area contributed by atoms with Crippen LogP contribution < -0.4 is 5.32 Å². The van der Waals surface area contributed by atoms with E-state index in [0.717, 1.165) is 52.7 Å². The van der Waals surface area contributed by atoms with Gasteiger partial charge in [-0.15, -0.1) is 0 Å². The van der Waals surface area contributed by atoms with Crippen LogP contribution in [-0.4, -0.2) is 65.5 Å². The van der Waals surface area contributed by atoms with Gasteiger partial charge in [0.15, 0.2) is 0 Å². The van der Waals surface area contributed by atoms with Gasteiger partial charge in [0.1, 0.15) is 17.2 Å². The van der Waals surface area contributed by atoms with E-state index in [1.54, 1.807) is 24.3 Å². The largest absolute Gasteiger partial charge is 0.508 e. The topological polar surface area (TPSA) is 132 Å². The third kappa shape index (κ3) is 8.97. The molecule has 0 saturated heterocycles. The average Bonchev–Trinajstić information content (AvgIpc) is 3.32. The number of nitrogens with one attached hydrogen (secondary N) is 1. The lowest BCUT2D eigenvalue weighted by molar-refractivity contribution is 0.101. The van der Waals surface area contributed by atoms with Crippen molar-refractivity contribution in [2.75, 3.05) is 32.2 Å². The monoisotopic (exact) mass is 643 g/mol. The lowest BCUT2D eigenvalue weighted by atomic mass is 9.83. The van der Waals surface area contributed by atoms with Gasteiger partial charge in [-0.2, -0.15) is 8.42 Å². The molecule has 0 unspecified atom stereocenters. The summed E-state index contributed by atoms with van der Waals surface area (Å²) in [4.78, 5) is 16.4. The lowest BCUT2D eigenvalue weighted by Crippen LogP contribution is -2.24. The Morgan fingerprint density at radius 3 is 1.87 bits per heavy atom. The minimum absolute atomic E-state index is 0.177. The molecule has 0 bridgehead atoms. The maximum atomic E-state index is 14.3. The highest BCUT2D eigenvalue weighted by molar-refractivity contribution is 7.85. The fourth-order valence-corrected chi connectivity index (χ4v) is 5.49. The second kappa shape index (κ2) is 15.1. The van der Waals surface area contributed by atoms with Gasteiger partial charge < -0.3 is 25.0 Å². The van der Waals surface area contributed by atoms with Gasteiger partial charge in [-0.05, 0) is 79.7 Å². The molecule has 0 aliphatic heterocycles. The fraction of sp³-hybridized carbons (Fsp3) is 0.250. The van der Waals surface area contributed by atoms with Crippen LogP contribution in [0.3, 0.4) is 0 Å². The number of para-hydroxylation sites is 1. The first kappa shape index (κ1) is 34.2. The average molecular weight is 644 g/mol. The van der Waals surface area contributed by atoms with Crippen molar-refractivity contribution in [2.45, 2.75) is 32.2 Å². The number of carbonyl (C=O) groups excluding carboxylic acids is 1. The van der Waals surface area contributed by atoms with Gasteiger partial charge in [-0.3, -0.25) is 9.35 Å². The molecule has 0 aliphatic rings. The minimum Gasteiger partial charge on any atom is -0.508 e. The van der Waals surface area contributed by atoms with Crippen molar-refractivity contribution in [3.63, 3.8) is 0 Å². The molecule has 1 amide bonds. The van der Waals surface area contributed by atoms with Crippen LogP contribution in [0, 0.1) is 0 Å². The van der Waals surface area contributed by atoms with Crippen LogP contribution in [0.5, 0.6) is 11.5 Å². The Bertz CT molecular complexity index is 1810. The molecule has 0 fully saturated rings. The van der Waals surface area contributed by atoms with E-state index in [9.17, 15) is 23.4 Å². The Morgan fingerprint density at radius 1 is 0.848 bits per heavy atom. The summed E-state index contributed by atoms with van der Waals surface area (Å²) in [6.07, 6.45) is 2.78. The molecule has 0 aliphatic carbocycles. The third-order valence-electron chi connectivity index (χ3n) is 7.49. The number of likely N-dealkylation sites (N-methyl/N-ethyl adjacent to an activating group) is 1. The van der Waals surface area contributed by atoms with Crippen LogP contribution in [0.1, 0.15) is 52.0 Å². The molecule has 1 heterocycles. The van der Waals surface area contributed by atoms with Crippen LogP contribution >= 0.6 is 0 Å². The Balaban J connectivity index is 0.000000892. The molecule has 5 aromatic rings. The molecule has 1 aromatic heterocycles. The number of aryl methyl sites for hydroxylation is 1. The summed E-state index contributed by atoms with van der Waals surface area (Å²) in [5.74, 6) is -0.151. The maximum absolute atomic E-state index is 14.3. The van der Waals surface area contributed by atoms with E-state index in [-0.39, 0.29) is 23.3 Å². The number of phenols is 2. The molecular formula is C36H41N3O6S. The molecule has 0 spiro atoms. The summed E-state index contributed by atoms with van der Waals surface area (Å²) in [6, 6.07) is 30.5. The number of hydrogen-bond donors (Lipinski definition) is 4. The zero-order chi connectivity index (χ0) is 33.4. The first-order chi connectivity index (χ1) is 21.9. The first-order valence-corrected chi connectivity index (χ1v) is 16.9. The maximum Gasteiger partial charge on any atom is 0.272 e. The number of anilines is 1. The summed E-state index contributed by atoms with van der Waals surface area (Å²) in [5.41, 5.74) is 6.31. The van der Waals surface area contributed by atoms with E-state index in [0.29, 0.717) is 18.5 Å². The van der Waals surface area contributed by atoms with Gasteiger partial charge in [0, 0.05) is 41.2 Å². The van der Waals surface area contributed by atoms with Gasteiger partial charge in [0.2, 0.25) is 0 Å². The molecule has 10 heteroatoms. The molecule has 46 heavy (non-hydrogen) atoms. The fourth-order valence-electron chi connectivity index (χ4n) is 5.49. The molecule has 242 valence electrons.